The molecule has 0 spiro atoms. The van der Waals surface area contributed by atoms with Crippen molar-refractivity contribution in [1.29, 1.82) is 0 Å². The smallest absolute Gasteiger partial charge is 0.197 e. The van der Waals surface area contributed by atoms with Gasteiger partial charge in [0.05, 0.1) is 5.56 Å². The summed E-state index contributed by atoms with van der Waals surface area (Å²) in [5.74, 6) is -0.783. The Bertz CT molecular complexity index is 629. The van der Waals surface area contributed by atoms with Gasteiger partial charge in [0.2, 0.25) is 0 Å². The van der Waals surface area contributed by atoms with Crippen LogP contribution in [0.5, 0.6) is 0 Å². The van der Waals surface area contributed by atoms with Gasteiger partial charge in [-0.2, -0.15) is 0 Å². The number of benzene rings is 2. The standard InChI is InChI=1S/C17H16BrFO/c1-3-11-8-9-13(10-12(11)4-2)17(20)16-14(18)6-5-7-15(16)19/h5-10H,3-4H2,1-2H3. The van der Waals surface area contributed by atoms with Gasteiger partial charge >= 0.3 is 0 Å². The molecule has 3 heteroatoms. The van der Waals surface area contributed by atoms with Gasteiger partial charge in [0.25, 0.3) is 0 Å². The molecular formula is C17H16BrFO. The number of halogens is 2. The zero-order valence-corrected chi connectivity index (χ0v) is 13.1. The predicted octanol–water partition coefficient (Wildman–Crippen LogP) is 4.94. The van der Waals surface area contributed by atoms with E-state index >= 15 is 0 Å². The largest absolute Gasteiger partial charge is 0.288 e. The molecule has 104 valence electrons. The quantitative estimate of drug-likeness (QED) is 0.723. The zero-order valence-electron chi connectivity index (χ0n) is 11.5. The first-order valence-electron chi connectivity index (χ1n) is 6.69. The fourth-order valence-electron chi connectivity index (χ4n) is 2.30. The summed E-state index contributed by atoms with van der Waals surface area (Å²) in [7, 11) is 0. The average molecular weight is 335 g/mol. The summed E-state index contributed by atoms with van der Waals surface area (Å²) in [5, 5.41) is 0. The molecule has 2 aromatic rings. The summed E-state index contributed by atoms with van der Waals surface area (Å²) in [6.07, 6.45) is 1.80. The van der Waals surface area contributed by atoms with Crippen LogP contribution in [0.25, 0.3) is 0 Å². The van der Waals surface area contributed by atoms with Crippen molar-refractivity contribution in [2.24, 2.45) is 0 Å². The minimum atomic E-state index is -0.498. The number of hydrogen-bond donors (Lipinski definition) is 0. The van der Waals surface area contributed by atoms with E-state index < -0.39 is 5.82 Å². The molecule has 0 unspecified atom stereocenters. The predicted molar refractivity (Wildman–Crippen MR) is 82.7 cm³/mol. The van der Waals surface area contributed by atoms with Crippen LogP contribution in [-0.4, -0.2) is 5.78 Å². The van der Waals surface area contributed by atoms with E-state index in [4.69, 9.17) is 0 Å². The van der Waals surface area contributed by atoms with E-state index in [9.17, 15) is 9.18 Å². The van der Waals surface area contributed by atoms with Crippen LogP contribution < -0.4 is 0 Å². The zero-order chi connectivity index (χ0) is 14.7. The molecule has 0 bridgehead atoms. The molecular weight excluding hydrogens is 319 g/mol. The second-order valence-electron chi connectivity index (χ2n) is 4.62. The van der Waals surface area contributed by atoms with Crippen molar-refractivity contribution in [1.82, 2.24) is 0 Å². The first-order valence-corrected chi connectivity index (χ1v) is 7.48. The second-order valence-corrected chi connectivity index (χ2v) is 5.47. The Morgan fingerprint density at radius 3 is 2.40 bits per heavy atom. The van der Waals surface area contributed by atoms with Gasteiger partial charge in [0, 0.05) is 10.0 Å². The minimum absolute atomic E-state index is 0.0961. The van der Waals surface area contributed by atoms with Crippen molar-refractivity contribution >= 4 is 21.7 Å². The highest BCUT2D eigenvalue weighted by molar-refractivity contribution is 9.10. The first kappa shape index (κ1) is 14.9. The monoisotopic (exact) mass is 334 g/mol. The Kier molecular flexibility index (Phi) is 4.71. The molecule has 0 aliphatic carbocycles. The maximum Gasteiger partial charge on any atom is 0.197 e. The molecule has 2 rings (SSSR count). The average Bonchev–Trinajstić information content (AvgIpc) is 2.46. The van der Waals surface area contributed by atoms with E-state index in [-0.39, 0.29) is 11.3 Å². The van der Waals surface area contributed by atoms with Crippen LogP contribution in [0.3, 0.4) is 0 Å². The van der Waals surface area contributed by atoms with E-state index in [0.717, 1.165) is 18.4 Å². The number of rotatable bonds is 4. The Morgan fingerprint density at radius 2 is 1.80 bits per heavy atom. The van der Waals surface area contributed by atoms with E-state index in [1.54, 1.807) is 18.2 Å². The Hall–Kier alpha value is -1.48. The maximum absolute atomic E-state index is 13.9. The highest BCUT2D eigenvalue weighted by Gasteiger charge is 2.18. The van der Waals surface area contributed by atoms with Gasteiger partial charge in [-0.05, 0) is 58.1 Å². The van der Waals surface area contributed by atoms with Crippen LogP contribution in [-0.2, 0) is 12.8 Å². The number of hydrogen-bond acceptors (Lipinski definition) is 1. The third-order valence-corrected chi connectivity index (χ3v) is 4.08. The van der Waals surface area contributed by atoms with Crippen LogP contribution in [0.15, 0.2) is 40.9 Å². The lowest BCUT2D eigenvalue weighted by molar-refractivity contribution is 0.103. The van der Waals surface area contributed by atoms with Gasteiger partial charge in [-0.25, -0.2) is 4.39 Å². The molecule has 20 heavy (non-hydrogen) atoms. The lowest BCUT2D eigenvalue weighted by Gasteiger charge is -2.10. The molecule has 1 nitrogen and oxygen atoms in total. The second kappa shape index (κ2) is 6.31. The summed E-state index contributed by atoms with van der Waals surface area (Å²) in [6.45, 7) is 4.14. The molecule has 0 fully saturated rings. The van der Waals surface area contributed by atoms with Gasteiger partial charge in [0.15, 0.2) is 5.78 Å². The number of carbonyl (C=O) groups excluding carboxylic acids is 1. The summed E-state index contributed by atoms with van der Waals surface area (Å²) >= 11 is 3.25. The molecule has 0 saturated heterocycles. The highest BCUT2D eigenvalue weighted by atomic mass is 79.9. The van der Waals surface area contributed by atoms with Crippen molar-refractivity contribution < 1.29 is 9.18 Å². The summed E-state index contributed by atoms with van der Waals surface area (Å²) in [4.78, 5) is 12.5. The molecule has 0 aliphatic heterocycles. The summed E-state index contributed by atoms with van der Waals surface area (Å²) in [6, 6.07) is 10.2. The molecule has 0 heterocycles. The normalized spacial score (nSPS) is 10.6. The van der Waals surface area contributed by atoms with Crippen molar-refractivity contribution in [3.05, 3.63) is 68.9 Å². The fraction of sp³-hybridized carbons (Fsp3) is 0.235. The molecule has 0 saturated carbocycles. The molecule has 0 aliphatic rings. The van der Waals surface area contributed by atoms with Crippen LogP contribution in [0.2, 0.25) is 0 Å². The fourth-order valence-corrected chi connectivity index (χ4v) is 2.82. The van der Waals surface area contributed by atoms with Crippen LogP contribution in [0.4, 0.5) is 4.39 Å². The van der Waals surface area contributed by atoms with Crippen LogP contribution in [0, 0.1) is 5.82 Å². The first-order chi connectivity index (χ1) is 9.58. The van der Waals surface area contributed by atoms with Gasteiger partial charge in [-0.15, -0.1) is 0 Å². The van der Waals surface area contributed by atoms with Gasteiger partial charge < -0.3 is 0 Å². The number of aryl methyl sites for hydroxylation is 2. The molecule has 0 aromatic heterocycles. The molecule has 0 radical (unpaired) electrons. The lowest BCUT2D eigenvalue weighted by Crippen LogP contribution is -2.07. The van der Waals surface area contributed by atoms with Crippen molar-refractivity contribution in [3.63, 3.8) is 0 Å². The minimum Gasteiger partial charge on any atom is -0.288 e. The van der Waals surface area contributed by atoms with Crippen LogP contribution >= 0.6 is 15.9 Å². The summed E-state index contributed by atoms with van der Waals surface area (Å²) < 4.78 is 14.3. The van der Waals surface area contributed by atoms with Crippen molar-refractivity contribution in [2.75, 3.05) is 0 Å². The van der Waals surface area contributed by atoms with E-state index in [2.05, 4.69) is 29.8 Å². The SMILES string of the molecule is CCc1ccc(C(=O)c2c(F)cccc2Br)cc1CC. The molecule has 0 amide bonds. The van der Waals surface area contributed by atoms with Crippen LogP contribution in [0.1, 0.15) is 40.9 Å². The molecule has 2 aromatic carbocycles. The van der Waals surface area contributed by atoms with Gasteiger partial charge in [0.1, 0.15) is 5.82 Å². The van der Waals surface area contributed by atoms with Gasteiger partial charge in [-0.1, -0.05) is 32.0 Å². The Labute approximate surface area is 127 Å². The van der Waals surface area contributed by atoms with E-state index in [0.29, 0.717) is 10.0 Å². The Balaban J connectivity index is 2.49. The number of ketones is 1. The lowest BCUT2D eigenvalue weighted by atomic mass is 9.96. The topological polar surface area (TPSA) is 17.1 Å². The van der Waals surface area contributed by atoms with E-state index in [1.807, 2.05) is 12.1 Å². The van der Waals surface area contributed by atoms with E-state index in [1.165, 1.54) is 11.6 Å². The third-order valence-electron chi connectivity index (χ3n) is 3.42. The maximum atomic E-state index is 13.9. The van der Waals surface area contributed by atoms with Crippen molar-refractivity contribution in [2.45, 2.75) is 26.7 Å². The number of carbonyl (C=O) groups is 1. The molecule has 0 atom stereocenters. The highest BCUT2D eigenvalue weighted by Crippen LogP contribution is 2.24. The summed E-state index contributed by atoms with van der Waals surface area (Å²) in [5.41, 5.74) is 3.01. The Morgan fingerprint density at radius 1 is 1.10 bits per heavy atom. The third kappa shape index (κ3) is 2.83. The van der Waals surface area contributed by atoms with Crippen molar-refractivity contribution in [3.8, 4) is 0 Å². The van der Waals surface area contributed by atoms with Gasteiger partial charge in [-0.3, -0.25) is 4.79 Å². The molecule has 0 N–H and O–H groups in total.